The second-order valence-corrected chi connectivity index (χ2v) is 4.25. The Balaban J connectivity index is 1.95. The minimum Gasteiger partial charge on any atom is -0.369 e. The van der Waals surface area contributed by atoms with E-state index in [1.807, 2.05) is 12.1 Å². The molecule has 0 bridgehead atoms. The van der Waals surface area contributed by atoms with Crippen LogP contribution in [0.3, 0.4) is 0 Å². The van der Waals surface area contributed by atoms with Crippen LogP contribution in [0.2, 0.25) is 0 Å². The van der Waals surface area contributed by atoms with E-state index in [0.717, 1.165) is 43.1 Å². The largest absolute Gasteiger partial charge is 0.369 e. The molecular weight excluding hydrogens is 226 g/mol. The first-order chi connectivity index (χ1) is 7.90. The summed E-state index contributed by atoms with van der Waals surface area (Å²) in [5.41, 5.74) is 1.24. The van der Waals surface area contributed by atoms with E-state index < -0.39 is 0 Å². The third-order valence-corrected chi connectivity index (χ3v) is 3.10. The lowest BCUT2D eigenvalue weighted by Gasteiger charge is -2.29. The number of nitrogens with two attached hydrogens (primary N) is 1. The number of anilines is 1. The van der Waals surface area contributed by atoms with Gasteiger partial charge in [0.1, 0.15) is 0 Å². The molecule has 0 radical (unpaired) electrons. The van der Waals surface area contributed by atoms with E-state index in [4.69, 9.17) is 5.90 Å². The topological polar surface area (TPSA) is 59.8 Å². The lowest BCUT2D eigenvalue weighted by atomic mass is 10.2. The molecule has 1 aliphatic rings. The monoisotopic (exact) mass is 241 g/mol. The van der Waals surface area contributed by atoms with E-state index >= 15 is 0 Å². The van der Waals surface area contributed by atoms with Gasteiger partial charge in [0, 0.05) is 36.8 Å². The van der Waals surface area contributed by atoms with Crippen molar-refractivity contribution in [3.05, 3.63) is 24.3 Å². The van der Waals surface area contributed by atoms with Gasteiger partial charge in [-0.2, -0.15) is 5.90 Å². The molecule has 0 atom stereocenters. The van der Waals surface area contributed by atoms with Gasteiger partial charge in [-0.25, -0.2) is 0 Å². The van der Waals surface area contributed by atoms with Crippen molar-refractivity contribution in [2.75, 3.05) is 31.1 Å². The van der Waals surface area contributed by atoms with Crippen LogP contribution in [-0.4, -0.2) is 26.2 Å². The van der Waals surface area contributed by atoms with Crippen molar-refractivity contribution in [3.63, 3.8) is 0 Å². The highest BCUT2D eigenvalue weighted by molar-refractivity contribution is 7.94. The minimum atomic E-state index is 0.962. The third kappa shape index (κ3) is 3.10. The fraction of sp³-hybridized carbons (Fsp3) is 0.400. The van der Waals surface area contributed by atoms with Gasteiger partial charge in [0.25, 0.3) is 0 Å². The Labute approximate surface area is 99.0 Å². The zero-order valence-corrected chi connectivity index (χ0v) is 9.70. The number of piperazine rings is 1. The average molecular weight is 241 g/mol. The van der Waals surface area contributed by atoms with Crippen LogP contribution in [0.15, 0.2) is 29.2 Å². The van der Waals surface area contributed by atoms with Crippen LogP contribution < -0.4 is 16.1 Å². The molecule has 0 spiro atoms. The molecule has 16 heavy (non-hydrogen) atoms. The molecule has 3 N–H and O–H groups in total. The van der Waals surface area contributed by atoms with Crippen LogP contribution in [-0.2, 0) is 9.32 Å². The fourth-order valence-corrected chi connectivity index (χ4v) is 2.06. The van der Waals surface area contributed by atoms with Crippen molar-refractivity contribution in [1.29, 1.82) is 0 Å². The number of nitrogens with one attached hydrogen (secondary N) is 1. The summed E-state index contributed by atoms with van der Waals surface area (Å²) in [5.74, 6) is 4.76. The van der Waals surface area contributed by atoms with Crippen LogP contribution in [0.25, 0.3) is 0 Å². The summed E-state index contributed by atoms with van der Waals surface area (Å²) >= 11 is 1.10. The molecule has 0 saturated carbocycles. The van der Waals surface area contributed by atoms with Crippen molar-refractivity contribution in [2.24, 2.45) is 5.90 Å². The van der Waals surface area contributed by atoms with E-state index in [1.165, 1.54) is 5.69 Å². The highest BCUT2D eigenvalue weighted by atomic mass is 32.2. The van der Waals surface area contributed by atoms with Crippen molar-refractivity contribution in [3.8, 4) is 0 Å². The van der Waals surface area contributed by atoms with E-state index in [2.05, 4.69) is 31.7 Å². The molecule has 0 aliphatic carbocycles. The molecule has 0 amide bonds. The summed E-state index contributed by atoms with van der Waals surface area (Å²) in [4.78, 5) is 7.35. The predicted molar refractivity (Wildman–Crippen MR) is 63.7 cm³/mol. The van der Waals surface area contributed by atoms with Gasteiger partial charge < -0.3 is 10.2 Å². The Kier molecular flexibility index (Phi) is 4.44. The zero-order chi connectivity index (χ0) is 11.2. The molecule has 5 nitrogen and oxygen atoms in total. The minimum absolute atomic E-state index is 0.962. The average Bonchev–Trinajstić information content (AvgIpc) is 2.38. The van der Waals surface area contributed by atoms with Crippen molar-refractivity contribution < 1.29 is 9.32 Å². The first kappa shape index (κ1) is 11.7. The second-order valence-electron chi connectivity index (χ2n) is 3.48. The molecule has 88 valence electrons. The Morgan fingerprint density at radius 2 is 1.88 bits per heavy atom. The highest BCUT2D eigenvalue weighted by Crippen LogP contribution is 2.23. The number of nitrogens with zero attached hydrogens (tertiary/aromatic N) is 1. The van der Waals surface area contributed by atoms with Crippen LogP contribution in [0, 0.1) is 0 Å². The molecular formula is C10H15N3O2S. The van der Waals surface area contributed by atoms with E-state index in [1.54, 1.807) is 0 Å². The molecule has 0 unspecified atom stereocenters. The predicted octanol–water partition coefficient (Wildman–Crippen LogP) is 0.925. The fourth-order valence-electron chi connectivity index (χ4n) is 1.69. The van der Waals surface area contributed by atoms with Crippen molar-refractivity contribution in [1.82, 2.24) is 5.32 Å². The van der Waals surface area contributed by atoms with E-state index in [9.17, 15) is 0 Å². The molecule has 1 fully saturated rings. The van der Waals surface area contributed by atoms with Crippen molar-refractivity contribution >= 4 is 17.7 Å². The Bertz CT molecular complexity index is 314. The zero-order valence-electron chi connectivity index (χ0n) is 8.89. The van der Waals surface area contributed by atoms with Crippen molar-refractivity contribution in [2.45, 2.75) is 4.90 Å². The lowest BCUT2D eigenvalue weighted by Crippen LogP contribution is -2.43. The van der Waals surface area contributed by atoms with Crippen LogP contribution in [0.1, 0.15) is 0 Å². The maximum Gasteiger partial charge on any atom is 0.0702 e. The summed E-state index contributed by atoms with van der Waals surface area (Å²) in [6.45, 7) is 4.19. The molecule has 2 rings (SSSR count). The highest BCUT2D eigenvalue weighted by Gasteiger charge is 2.09. The van der Waals surface area contributed by atoms with Gasteiger partial charge in [-0.15, -0.1) is 9.32 Å². The molecule has 1 saturated heterocycles. The summed E-state index contributed by atoms with van der Waals surface area (Å²) < 4.78 is 4.58. The SMILES string of the molecule is NOOSc1ccc(N2CCNCC2)cc1. The van der Waals surface area contributed by atoms with Gasteiger partial charge in [0.05, 0.1) is 12.0 Å². The van der Waals surface area contributed by atoms with Crippen LogP contribution >= 0.6 is 12.0 Å². The maximum atomic E-state index is 4.76. The lowest BCUT2D eigenvalue weighted by molar-refractivity contribution is -0.195. The summed E-state index contributed by atoms with van der Waals surface area (Å²) in [6, 6.07) is 8.13. The first-order valence-corrected chi connectivity index (χ1v) is 5.90. The summed E-state index contributed by atoms with van der Waals surface area (Å²) in [7, 11) is 0. The Morgan fingerprint density at radius 1 is 1.19 bits per heavy atom. The summed E-state index contributed by atoms with van der Waals surface area (Å²) in [5, 5.41) is 3.33. The normalized spacial score (nSPS) is 16.4. The quantitative estimate of drug-likeness (QED) is 0.464. The summed E-state index contributed by atoms with van der Waals surface area (Å²) in [6.07, 6.45) is 0. The molecule has 1 aliphatic heterocycles. The van der Waals surface area contributed by atoms with Gasteiger partial charge in [0.15, 0.2) is 0 Å². The molecule has 0 aromatic heterocycles. The Hall–Kier alpha value is -0.790. The number of hydrogen-bond acceptors (Lipinski definition) is 6. The van der Waals surface area contributed by atoms with E-state index in [-0.39, 0.29) is 0 Å². The van der Waals surface area contributed by atoms with Gasteiger partial charge in [-0.05, 0) is 24.3 Å². The maximum absolute atomic E-state index is 4.76. The van der Waals surface area contributed by atoms with Gasteiger partial charge in [0.2, 0.25) is 0 Å². The van der Waals surface area contributed by atoms with Crippen LogP contribution in [0.4, 0.5) is 5.69 Å². The number of benzene rings is 1. The van der Waals surface area contributed by atoms with Gasteiger partial charge in [-0.3, -0.25) is 0 Å². The molecule has 1 aromatic rings. The number of rotatable bonds is 4. The van der Waals surface area contributed by atoms with Gasteiger partial charge >= 0.3 is 0 Å². The third-order valence-electron chi connectivity index (χ3n) is 2.49. The van der Waals surface area contributed by atoms with E-state index in [0.29, 0.717) is 0 Å². The second kappa shape index (κ2) is 6.07. The van der Waals surface area contributed by atoms with Gasteiger partial charge in [-0.1, -0.05) is 0 Å². The number of hydrogen-bond donors (Lipinski definition) is 2. The first-order valence-electron chi connectivity index (χ1n) is 5.16. The standard InChI is InChI=1S/C10H15N3O2S/c11-14-15-16-10-3-1-9(2-4-10)13-7-5-12-6-8-13/h1-4,12H,5-8,11H2. The molecule has 1 aromatic carbocycles. The molecule has 6 heteroatoms. The smallest absolute Gasteiger partial charge is 0.0702 e. The van der Waals surface area contributed by atoms with Crippen LogP contribution in [0.5, 0.6) is 0 Å². The Morgan fingerprint density at radius 3 is 2.50 bits per heavy atom. The molecule has 1 heterocycles.